The van der Waals surface area contributed by atoms with E-state index in [1.165, 1.54) is 49.0 Å². The van der Waals surface area contributed by atoms with Gasteiger partial charge in [0.25, 0.3) is 0 Å². The van der Waals surface area contributed by atoms with Crippen LogP contribution in [0.4, 0.5) is 17.1 Å². The largest absolute Gasteiger partial charge is 0.456 e. The van der Waals surface area contributed by atoms with E-state index in [2.05, 4.69) is 181 Å². The van der Waals surface area contributed by atoms with Crippen molar-refractivity contribution in [1.82, 2.24) is 0 Å². The van der Waals surface area contributed by atoms with E-state index >= 15 is 0 Å². The molecular weight excluding hydrogens is 623 g/mol. The third kappa shape index (κ3) is 4.19. The van der Waals surface area contributed by atoms with Gasteiger partial charge in [-0.05, 0) is 104 Å². The highest BCUT2D eigenvalue weighted by Gasteiger charge is 2.22. The van der Waals surface area contributed by atoms with Crippen LogP contribution < -0.4 is 4.90 Å². The molecule has 0 radical (unpaired) electrons. The van der Waals surface area contributed by atoms with E-state index in [1.807, 2.05) is 0 Å². The zero-order valence-corrected chi connectivity index (χ0v) is 27.5. The van der Waals surface area contributed by atoms with Crippen molar-refractivity contribution in [2.45, 2.75) is 0 Å². The van der Waals surface area contributed by atoms with Gasteiger partial charge >= 0.3 is 0 Å². The second kappa shape index (κ2) is 10.8. The molecule has 0 aliphatic rings. The Morgan fingerprint density at radius 3 is 1.63 bits per heavy atom. The van der Waals surface area contributed by atoms with E-state index in [0.29, 0.717) is 0 Å². The molecule has 9 aromatic carbocycles. The topological polar surface area (TPSA) is 29.5 Å². The summed E-state index contributed by atoms with van der Waals surface area (Å²) in [6.45, 7) is 0. The Morgan fingerprint density at radius 1 is 0.314 bits per heavy atom. The Morgan fingerprint density at radius 2 is 0.863 bits per heavy atom. The van der Waals surface area contributed by atoms with E-state index < -0.39 is 0 Å². The molecule has 0 unspecified atom stereocenters. The van der Waals surface area contributed by atoms with Gasteiger partial charge in [0, 0.05) is 27.5 Å². The number of furan rings is 2. The summed E-state index contributed by atoms with van der Waals surface area (Å²) in [4.78, 5) is 2.33. The molecule has 2 aromatic heterocycles. The molecule has 0 aliphatic carbocycles. The van der Waals surface area contributed by atoms with Crippen LogP contribution in [-0.4, -0.2) is 0 Å². The maximum atomic E-state index is 6.70. The van der Waals surface area contributed by atoms with Gasteiger partial charge in [0.15, 0.2) is 0 Å². The lowest BCUT2D eigenvalue weighted by molar-refractivity contribution is 0.669. The Labute approximate surface area is 293 Å². The summed E-state index contributed by atoms with van der Waals surface area (Å²) in [6.07, 6.45) is 0. The fraction of sp³-hybridized carbons (Fsp3) is 0. The van der Waals surface area contributed by atoms with Crippen molar-refractivity contribution in [2.24, 2.45) is 0 Å². The highest BCUT2D eigenvalue weighted by Crippen LogP contribution is 2.47. The zero-order valence-electron chi connectivity index (χ0n) is 27.5. The number of fused-ring (bicyclic) bond motifs is 6. The summed E-state index contributed by atoms with van der Waals surface area (Å²) in [7, 11) is 0. The lowest BCUT2D eigenvalue weighted by Crippen LogP contribution is -2.10. The molecule has 0 saturated carbocycles. The number of hydrogen-bond donors (Lipinski definition) is 0. The van der Waals surface area contributed by atoms with Gasteiger partial charge in [-0.25, -0.2) is 0 Å². The molecule has 11 aromatic rings. The van der Waals surface area contributed by atoms with Crippen molar-refractivity contribution < 1.29 is 8.83 Å². The predicted molar refractivity (Wildman–Crippen MR) is 213 cm³/mol. The van der Waals surface area contributed by atoms with Crippen LogP contribution in [0.15, 0.2) is 185 Å². The lowest BCUT2D eigenvalue weighted by atomic mass is 9.89. The molecule has 238 valence electrons. The second-order valence-corrected chi connectivity index (χ2v) is 13.2. The van der Waals surface area contributed by atoms with Crippen LogP contribution in [-0.2, 0) is 0 Å². The monoisotopic (exact) mass is 651 g/mol. The molecule has 11 rings (SSSR count). The molecule has 0 aliphatic heterocycles. The zero-order chi connectivity index (χ0) is 33.5. The molecule has 0 spiro atoms. The maximum absolute atomic E-state index is 6.70. The van der Waals surface area contributed by atoms with E-state index in [4.69, 9.17) is 8.83 Å². The first-order valence-corrected chi connectivity index (χ1v) is 17.3. The molecule has 2 heterocycles. The molecular formula is C48H29NO2. The summed E-state index contributed by atoms with van der Waals surface area (Å²) in [5, 5.41) is 9.44. The van der Waals surface area contributed by atoms with Gasteiger partial charge < -0.3 is 13.7 Å². The van der Waals surface area contributed by atoms with Crippen LogP contribution in [0.5, 0.6) is 0 Å². The number of para-hydroxylation sites is 1. The molecule has 0 amide bonds. The minimum atomic E-state index is 0.857. The molecule has 0 bridgehead atoms. The molecule has 0 fully saturated rings. The van der Waals surface area contributed by atoms with Crippen LogP contribution >= 0.6 is 0 Å². The van der Waals surface area contributed by atoms with E-state index in [9.17, 15) is 0 Å². The van der Waals surface area contributed by atoms with E-state index in [0.717, 1.165) is 55.7 Å². The lowest BCUT2D eigenvalue weighted by Gasteiger charge is -2.26. The van der Waals surface area contributed by atoms with Crippen LogP contribution in [0.1, 0.15) is 0 Å². The Balaban J connectivity index is 1.10. The molecule has 3 nitrogen and oxygen atoms in total. The fourth-order valence-electron chi connectivity index (χ4n) is 8.21. The first kappa shape index (κ1) is 28.0. The predicted octanol–water partition coefficient (Wildman–Crippen LogP) is 14.0. The number of benzene rings is 9. The van der Waals surface area contributed by atoms with Crippen molar-refractivity contribution in [3.63, 3.8) is 0 Å². The Hall–Kier alpha value is -6.84. The van der Waals surface area contributed by atoms with Crippen LogP contribution in [0, 0.1) is 0 Å². The summed E-state index contributed by atoms with van der Waals surface area (Å²) < 4.78 is 13.0. The van der Waals surface area contributed by atoms with Crippen molar-refractivity contribution in [3.8, 4) is 22.3 Å². The maximum Gasteiger partial charge on any atom is 0.137 e. The van der Waals surface area contributed by atoms with Gasteiger partial charge in [0.2, 0.25) is 0 Å². The number of hydrogen-bond acceptors (Lipinski definition) is 3. The quantitative estimate of drug-likeness (QED) is 0.173. The van der Waals surface area contributed by atoms with Crippen molar-refractivity contribution in [1.29, 1.82) is 0 Å². The number of rotatable bonds is 5. The van der Waals surface area contributed by atoms with Crippen LogP contribution in [0.25, 0.3) is 87.7 Å². The summed E-state index contributed by atoms with van der Waals surface area (Å²) in [5.41, 5.74) is 11.5. The highest BCUT2D eigenvalue weighted by atomic mass is 16.3. The number of anilines is 3. The van der Waals surface area contributed by atoms with E-state index in [-0.39, 0.29) is 0 Å². The summed E-state index contributed by atoms with van der Waals surface area (Å²) in [5.74, 6) is 0. The SMILES string of the molecule is c1ccc(-c2ccc(N(c3ccccc3)c3cccc4oc5cc(-c6cccc7c8cccc9oc%10cccc(c67)c%10c98)ccc5c34)cc2)cc1. The molecule has 0 N–H and O–H groups in total. The first-order chi connectivity index (χ1) is 25.3. The average molecular weight is 652 g/mol. The van der Waals surface area contributed by atoms with Gasteiger partial charge in [-0.3, -0.25) is 0 Å². The molecule has 0 saturated heterocycles. The number of nitrogens with zero attached hydrogens (tertiary/aromatic N) is 1. The summed E-state index contributed by atoms with van der Waals surface area (Å²) in [6, 6.07) is 62.4. The third-order valence-electron chi connectivity index (χ3n) is 10.4. The Bertz CT molecular complexity index is 3060. The minimum Gasteiger partial charge on any atom is -0.456 e. The van der Waals surface area contributed by atoms with Crippen molar-refractivity contribution in [2.75, 3.05) is 4.90 Å². The van der Waals surface area contributed by atoms with E-state index in [1.54, 1.807) is 0 Å². The standard InChI is InChI=1S/C48H29NO2/c1-3-11-30(12-4-1)31-23-26-34(27-24-31)49(33-13-5-2-6-14-33)40-19-10-22-41-46(40)38-28-25-32(29-44(38)51-41)35-15-7-16-36-37-17-8-20-42-47(37)48-39(45(35)36)18-9-21-43(48)50-42/h1-29H. The van der Waals surface area contributed by atoms with Crippen molar-refractivity contribution >= 4 is 82.5 Å². The third-order valence-corrected chi connectivity index (χ3v) is 10.4. The van der Waals surface area contributed by atoms with Crippen LogP contribution in [0.2, 0.25) is 0 Å². The molecule has 51 heavy (non-hydrogen) atoms. The smallest absolute Gasteiger partial charge is 0.137 e. The van der Waals surface area contributed by atoms with Gasteiger partial charge in [-0.2, -0.15) is 0 Å². The first-order valence-electron chi connectivity index (χ1n) is 17.3. The second-order valence-electron chi connectivity index (χ2n) is 13.2. The minimum absolute atomic E-state index is 0.857. The van der Waals surface area contributed by atoms with Crippen molar-refractivity contribution in [3.05, 3.63) is 176 Å². The highest BCUT2D eigenvalue weighted by molar-refractivity contribution is 6.35. The van der Waals surface area contributed by atoms with Gasteiger partial charge in [0.1, 0.15) is 22.3 Å². The normalized spacial score (nSPS) is 11.9. The van der Waals surface area contributed by atoms with Gasteiger partial charge in [-0.1, -0.05) is 115 Å². The van der Waals surface area contributed by atoms with Gasteiger partial charge in [-0.15, -0.1) is 0 Å². The molecule has 3 heteroatoms. The molecule has 0 atom stereocenters. The summed E-state index contributed by atoms with van der Waals surface area (Å²) >= 11 is 0. The van der Waals surface area contributed by atoms with Crippen LogP contribution in [0.3, 0.4) is 0 Å². The fourth-order valence-corrected chi connectivity index (χ4v) is 8.21. The average Bonchev–Trinajstić information content (AvgIpc) is 3.77. The Kier molecular flexibility index (Phi) is 5.96. The van der Waals surface area contributed by atoms with Gasteiger partial charge in [0.05, 0.1) is 11.1 Å².